The molecule has 1 saturated heterocycles. The number of fused-ring (bicyclic) bond motifs is 1. The van der Waals surface area contributed by atoms with E-state index >= 15 is 0 Å². The summed E-state index contributed by atoms with van der Waals surface area (Å²) in [5, 5.41) is 3.70. The van der Waals surface area contributed by atoms with Gasteiger partial charge in [-0.25, -0.2) is 0 Å². The summed E-state index contributed by atoms with van der Waals surface area (Å²) < 4.78 is 6.34. The van der Waals surface area contributed by atoms with Crippen LogP contribution in [0, 0.1) is 6.92 Å². The molecule has 1 fully saturated rings. The first-order chi connectivity index (χ1) is 13.1. The lowest BCUT2D eigenvalue weighted by molar-refractivity contribution is 0.0964. The molecular weight excluding hydrogens is 415 g/mol. The Balaban J connectivity index is 0.00000225. The lowest BCUT2D eigenvalue weighted by Crippen LogP contribution is -2.37. The Kier molecular flexibility index (Phi) is 7.05. The molecule has 3 nitrogen and oxygen atoms in total. The normalized spacial score (nSPS) is 15.4. The van der Waals surface area contributed by atoms with Crippen LogP contribution >= 0.6 is 35.6 Å². The van der Waals surface area contributed by atoms with Crippen LogP contribution in [-0.4, -0.2) is 29.1 Å². The first-order valence-electron chi connectivity index (χ1n) is 9.25. The summed E-state index contributed by atoms with van der Waals surface area (Å²) >= 11 is 12.2. The molecule has 0 amide bonds. The van der Waals surface area contributed by atoms with E-state index in [1.165, 1.54) is 5.39 Å². The zero-order valence-electron chi connectivity index (χ0n) is 15.7. The van der Waals surface area contributed by atoms with Crippen molar-refractivity contribution in [2.24, 2.45) is 0 Å². The molecule has 3 aromatic rings. The van der Waals surface area contributed by atoms with Crippen LogP contribution in [0.3, 0.4) is 0 Å². The second kappa shape index (κ2) is 9.32. The Labute approximate surface area is 182 Å². The van der Waals surface area contributed by atoms with E-state index in [-0.39, 0.29) is 18.5 Å². The van der Waals surface area contributed by atoms with E-state index in [4.69, 9.17) is 27.9 Å². The minimum Gasteiger partial charge on any atom is -0.490 e. The van der Waals surface area contributed by atoms with Gasteiger partial charge in [-0.05, 0) is 72.7 Å². The molecular formula is C22H23Cl3N2O. The van der Waals surface area contributed by atoms with Crippen molar-refractivity contribution in [3.8, 4) is 5.75 Å². The fourth-order valence-electron chi connectivity index (χ4n) is 3.68. The number of hydrogen-bond donors (Lipinski definition) is 0. The summed E-state index contributed by atoms with van der Waals surface area (Å²) in [7, 11) is 0. The number of pyridine rings is 1. The van der Waals surface area contributed by atoms with Gasteiger partial charge in [0.15, 0.2) is 0 Å². The lowest BCUT2D eigenvalue weighted by Gasteiger charge is -2.32. The van der Waals surface area contributed by atoms with Gasteiger partial charge in [0.05, 0.1) is 0 Å². The molecule has 0 aliphatic carbocycles. The van der Waals surface area contributed by atoms with Gasteiger partial charge in [-0.2, -0.15) is 0 Å². The van der Waals surface area contributed by atoms with E-state index in [2.05, 4.69) is 28.9 Å². The summed E-state index contributed by atoms with van der Waals surface area (Å²) in [6, 6.07) is 12.1. The Hall–Kier alpha value is -1.52. The van der Waals surface area contributed by atoms with Crippen molar-refractivity contribution >= 4 is 46.4 Å². The molecule has 6 heteroatoms. The van der Waals surface area contributed by atoms with Crippen molar-refractivity contribution in [2.45, 2.75) is 32.4 Å². The van der Waals surface area contributed by atoms with Crippen LogP contribution in [0.5, 0.6) is 5.75 Å². The predicted octanol–water partition coefficient (Wildman–Crippen LogP) is 6.32. The highest BCUT2D eigenvalue weighted by atomic mass is 35.5. The monoisotopic (exact) mass is 436 g/mol. The number of benzene rings is 2. The average Bonchev–Trinajstić information content (AvgIpc) is 2.63. The van der Waals surface area contributed by atoms with Crippen LogP contribution in [0.15, 0.2) is 48.8 Å². The van der Waals surface area contributed by atoms with E-state index < -0.39 is 0 Å². The molecule has 1 aliphatic rings. The maximum atomic E-state index is 6.34. The lowest BCUT2D eigenvalue weighted by atomic mass is 10.1. The number of aryl methyl sites for hydroxylation is 1. The maximum Gasteiger partial charge on any atom is 0.123 e. The number of halogens is 3. The highest BCUT2D eigenvalue weighted by molar-refractivity contribution is 6.34. The SMILES string of the molecule is Cc1cc2cnccc2cc1OC1CCN(Cc2cc(Cl)cc(Cl)c2)CC1.Cl. The molecule has 1 aliphatic heterocycles. The van der Waals surface area contributed by atoms with Gasteiger partial charge in [0.2, 0.25) is 0 Å². The number of likely N-dealkylation sites (tertiary alicyclic amines) is 1. The van der Waals surface area contributed by atoms with Gasteiger partial charge >= 0.3 is 0 Å². The zero-order valence-corrected chi connectivity index (χ0v) is 18.0. The van der Waals surface area contributed by atoms with E-state index in [0.29, 0.717) is 10.0 Å². The molecule has 148 valence electrons. The molecule has 28 heavy (non-hydrogen) atoms. The molecule has 0 bridgehead atoms. The summed E-state index contributed by atoms with van der Waals surface area (Å²) in [5.74, 6) is 0.980. The number of ether oxygens (including phenoxy) is 1. The molecule has 0 saturated carbocycles. The molecule has 0 radical (unpaired) electrons. The zero-order chi connectivity index (χ0) is 18.8. The van der Waals surface area contributed by atoms with Gasteiger partial charge in [0.25, 0.3) is 0 Å². The van der Waals surface area contributed by atoms with Gasteiger partial charge in [0, 0.05) is 47.5 Å². The third kappa shape index (κ3) is 5.09. The third-order valence-corrected chi connectivity index (χ3v) is 5.53. The summed E-state index contributed by atoms with van der Waals surface area (Å²) in [5.41, 5.74) is 2.32. The van der Waals surface area contributed by atoms with Crippen molar-refractivity contribution in [1.29, 1.82) is 0 Å². The Morgan fingerprint density at radius 2 is 1.75 bits per heavy atom. The molecule has 4 rings (SSSR count). The predicted molar refractivity (Wildman–Crippen MR) is 119 cm³/mol. The van der Waals surface area contributed by atoms with Crippen molar-refractivity contribution in [3.05, 3.63) is 70.0 Å². The number of hydrogen-bond acceptors (Lipinski definition) is 3. The van der Waals surface area contributed by atoms with Crippen molar-refractivity contribution < 1.29 is 4.74 Å². The van der Waals surface area contributed by atoms with E-state index in [1.807, 2.05) is 30.6 Å². The maximum absolute atomic E-state index is 6.34. The highest BCUT2D eigenvalue weighted by Crippen LogP contribution is 2.28. The van der Waals surface area contributed by atoms with E-state index in [9.17, 15) is 0 Å². The van der Waals surface area contributed by atoms with Crippen LogP contribution in [0.25, 0.3) is 10.8 Å². The van der Waals surface area contributed by atoms with Gasteiger partial charge in [-0.15, -0.1) is 12.4 Å². The molecule has 0 spiro atoms. The number of rotatable bonds is 4. The Bertz CT molecular complexity index is 935. The van der Waals surface area contributed by atoms with E-state index in [1.54, 1.807) is 6.07 Å². The van der Waals surface area contributed by atoms with Gasteiger partial charge < -0.3 is 4.74 Å². The number of piperidine rings is 1. The minimum absolute atomic E-state index is 0. The average molecular weight is 438 g/mol. The molecule has 2 heterocycles. The molecule has 0 unspecified atom stereocenters. The quantitative estimate of drug-likeness (QED) is 0.478. The van der Waals surface area contributed by atoms with Crippen LogP contribution in [0.1, 0.15) is 24.0 Å². The molecule has 2 aromatic carbocycles. The Morgan fingerprint density at radius 1 is 1.04 bits per heavy atom. The summed E-state index contributed by atoms with van der Waals surface area (Å²) in [6.07, 6.45) is 6.00. The fraction of sp³-hybridized carbons (Fsp3) is 0.318. The second-order valence-corrected chi connectivity index (χ2v) is 8.08. The molecule has 0 N–H and O–H groups in total. The number of aromatic nitrogens is 1. The minimum atomic E-state index is 0. The highest BCUT2D eigenvalue weighted by Gasteiger charge is 2.21. The van der Waals surface area contributed by atoms with Crippen molar-refractivity contribution in [3.63, 3.8) is 0 Å². The number of nitrogens with zero attached hydrogens (tertiary/aromatic N) is 2. The first kappa shape index (κ1) is 21.2. The summed E-state index contributed by atoms with van der Waals surface area (Å²) in [4.78, 5) is 6.62. The second-order valence-electron chi connectivity index (χ2n) is 7.21. The van der Waals surface area contributed by atoms with Crippen LogP contribution in [0.2, 0.25) is 10.0 Å². The van der Waals surface area contributed by atoms with Crippen molar-refractivity contribution in [2.75, 3.05) is 13.1 Å². The molecule has 1 aromatic heterocycles. The van der Waals surface area contributed by atoms with E-state index in [0.717, 1.165) is 54.7 Å². The van der Waals surface area contributed by atoms with Gasteiger partial charge in [0.1, 0.15) is 11.9 Å². The standard InChI is InChI=1S/C22H22Cl2N2O.ClH/c1-15-8-18-13-25-5-2-17(18)11-22(15)27-21-3-6-26(7-4-21)14-16-9-19(23)12-20(24)10-16;/h2,5,8-13,21H,3-4,6-7,14H2,1H3;1H. The van der Waals surface area contributed by atoms with Gasteiger partial charge in [-0.3, -0.25) is 9.88 Å². The van der Waals surface area contributed by atoms with Crippen molar-refractivity contribution in [1.82, 2.24) is 9.88 Å². The van der Waals surface area contributed by atoms with Crippen LogP contribution in [0.4, 0.5) is 0 Å². The van der Waals surface area contributed by atoms with Gasteiger partial charge in [-0.1, -0.05) is 23.2 Å². The first-order valence-corrected chi connectivity index (χ1v) is 10.0. The largest absolute Gasteiger partial charge is 0.490 e. The van der Waals surface area contributed by atoms with Crippen LogP contribution in [-0.2, 0) is 6.54 Å². The summed E-state index contributed by atoms with van der Waals surface area (Å²) in [6.45, 7) is 4.98. The third-order valence-electron chi connectivity index (χ3n) is 5.09. The topological polar surface area (TPSA) is 25.4 Å². The Morgan fingerprint density at radius 3 is 2.46 bits per heavy atom. The molecule has 0 atom stereocenters. The fourth-order valence-corrected chi connectivity index (χ4v) is 4.25. The van der Waals surface area contributed by atoms with Crippen LogP contribution < -0.4 is 4.74 Å². The smallest absolute Gasteiger partial charge is 0.123 e.